The number of hydrogen-bond donors (Lipinski definition) is 3. The molecule has 2 aromatic rings. The summed E-state index contributed by atoms with van der Waals surface area (Å²) in [6.07, 6.45) is 0. The van der Waals surface area contributed by atoms with Gasteiger partial charge in [0.1, 0.15) is 5.75 Å². The Kier molecular flexibility index (Phi) is 7.28. The van der Waals surface area contributed by atoms with Gasteiger partial charge in [0.05, 0.1) is 19.3 Å². The van der Waals surface area contributed by atoms with Crippen LogP contribution in [0, 0.1) is 0 Å². The van der Waals surface area contributed by atoms with Gasteiger partial charge in [0, 0.05) is 20.0 Å². The standard InChI is InChI=1S/C18H24N4O2S/c1-4-19-18(21-11-15-7-8-25-12-15)20-10-14-5-6-17(24-3)16(9-14)22-13(2)23/h5-9,12H,4,10-11H2,1-3H3,(H,22,23)(H2,19,20,21). The summed E-state index contributed by atoms with van der Waals surface area (Å²) in [6.45, 7) is 5.52. The van der Waals surface area contributed by atoms with Crippen molar-refractivity contribution in [1.82, 2.24) is 10.6 Å². The monoisotopic (exact) mass is 360 g/mol. The maximum absolute atomic E-state index is 11.3. The number of rotatable bonds is 7. The van der Waals surface area contributed by atoms with E-state index in [1.807, 2.05) is 30.5 Å². The average molecular weight is 360 g/mol. The van der Waals surface area contributed by atoms with Crippen molar-refractivity contribution in [3.8, 4) is 5.75 Å². The maximum Gasteiger partial charge on any atom is 0.221 e. The highest BCUT2D eigenvalue weighted by Crippen LogP contribution is 2.25. The van der Waals surface area contributed by atoms with E-state index in [4.69, 9.17) is 4.74 Å². The van der Waals surface area contributed by atoms with Crippen molar-refractivity contribution < 1.29 is 9.53 Å². The fourth-order valence-corrected chi connectivity index (χ4v) is 2.89. The Labute approximate surface area is 152 Å². The Bertz CT molecular complexity index is 714. The van der Waals surface area contributed by atoms with Crippen molar-refractivity contribution >= 4 is 28.9 Å². The van der Waals surface area contributed by atoms with Gasteiger partial charge in [0.2, 0.25) is 5.91 Å². The molecule has 0 fully saturated rings. The molecule has 0 aliphatic carbocycles. The maximum atomic E-state index is 11.3. The van der Waals surface area contributed by atoms with Gasteiger partial charge >= 0.3 is 0 Å². The first-order valence-corrected chi connectivity index (χ1v) is 9.04. The van der Waals surface area contributed by atoms with Gasteiger partial charge in [-0.2, -0.15) is 11.3 Å². The van der Waals surface area contributed by atoms with Crippen molar-refractivity contribution in [1.29, 1.82) is 0 Å². The van der Waals surface area contributed by atoms with E-state index in [-0.39, 0.29) is 5.91 Å². The van der Waals surface area contributed by atoms with E-state index >= 15 is 0 Å². The summed E-state index contributed by atoms with van der Waals surface area (Å²) < 4.78 is 5.28. The predicted octanol–water partition coefficient (Wildman–Crippen LogP) is 2.97. The lowest BCUT2D eigenvalue weighted by molar-refractivity contribution is -0.114. The van der Waals surface area contributed by atoms with Crippen molar-refractivity contribution in [2.24, 2.45) is 4.99 Å². The molecular formula is C18H24N4O2S. The van der Waals surface area contributed by atoms with Crippen LogP contribution in [0.25, 0.3) is 0 Å². The number of nitrogens with zero attached hydrogens (tertiary/aromatic N) is 1. The van der Waals surface area contributed by atoms with Crippen LogP contribution in [-0.4, -0.2) is 25.5 Å². The Morgan fingerprint density at radius 3 is 2.72 bits per heavy atom. The first kappa shape index (κ1) is 18.8. The van der Waals surface area contributed by atoms with E-state index in [9.17, 15) is 4.79 Å². The zero-order valence-electron chi connectivity index (χ0n) is 14.8. The smallest absolute Gasteiger partial charge is 0.221 e. The third-order valence-electron chi connectivity index (χ3n) is 3.38. The molecule has 0 atom stereocenters. The van der Waals surface area contributed by atoms with Crippen LogP contribution in [-0.2, 0) is 17.9 Å². The van der Waals surface area contributed by atoms with Crippen molar-refractivity contribution in [2.75, 3.05) is 19.0 Å². The van der Waals surface area contributed by atoms with Crippen LogP contribution in [0.3, 0.4) is 0 Å². The Morgan fingerprint density at radius 2 is 2.08 bits per heavy atom. The Balaban J connectivity index is 2.03. The number of carbonyl (C=O) groups is 1. The minimum atomic E-state index is -0.130. The minimum Gasteiger partial charge on any atom is -0.495 e. The molecule has 1 heterocycles. The SMILES string of the molecule is CCNC(=NCc1ccsc1)NCc1ccc(OC)c(NC(C)=O)c1. The van der Waals surface area contributed by atoms with E-state index in [1.165, 1.54) is 12.5 Å². The number of nitrogens with one attached hydrogen (secondary N) is 3. The van der Waals surface area contributed by atoms with Gasteiger partial charge in [-0.3, -0.25) is 4.79 Å². The molecule has 3 N–H and O–H groups in total. The highest BCUT2D eigenvalue weighted by atomic mass is 32.1. The third-order valence-corrected chi connectivity index (χ3v) is 4.11. The number of carbonyl (C=O) groups excluding carboxylic acids is 1. The molecule has 25 heavy (non-hydrogen) atoms. The number of amides is 1. The van der Waals surface area contributed by atoms with Gasteiger partial charge in [0.15, 0.2) is 5.96 Å². The summed E-state index contributed by atoms with van der Waals surface area (Å²) in [7, 11) is 1.58. The van der Waals surface area contributed by atoms with E-state index in [0.29, 0.717) is 24.5 Å². The van der Waals surface area contributed by atoms with Gasteiger partial charge in [-0.15, -0.1) is 0 Å². The second-order valence-corrected chi connectivity index (χ2v) is 6.18. The number of anilines is 1. The van der Waals surface area contributed by atoms with Gasteiger partial charge in [-0.25, -0.2) is 4.99 Å². The Morgan fingerprint density at radius 1 is 1.24 bits per heavy atom. The van der Waals surface area contributed by atoms with E-state index in [1.54, 1.807) is 18.4 Å². The molecule has 0 aliphatic rings. The molecule has 0 spiro atoms. The van der Waals surface area contributed by atoms with Crippen LogP contribution >= 0.6 is 11.3 Å². The van der Waals surface area contributed by atoms with Gasteiger partial charge in [0.25, 0.3) is 0 Å². The molecule has 0 radical (unpaired) electrons. The lowest BCUT2D eigenvalue weighted by Crippen LogP contribution is -2.36. The van der Waals surface area contributed by atoms with E-state index in [0.717, 1.165) is 18.1 Å². The number of guanidine groups is 1. The van der Waals surface area contributed by atoms with Crippen molar-refractivity contribution in [3.05, 3.63) is 46.2 Å². The molecule has 0 saturated carbocycles. The van der Waals surface area contributed by atoms with Gasteiger partial charge in [-0.1, -0.05) is 6.07 Å². The molecule has 6 nitrogen and oxygen atoms in total. The topological polar surface area (TPSA) is 74.8 Å². The van der Waals surface area contributed by atoms with E-state index < -0.39 is 0 Å². The summed E-state index contributed by atoms with van der Waals surface area (Å²) in [4.78, 5) is 15.9. The molecule has 1 amide bonds. The largest absolute Gasteiger partial charge is 0.495 e. The summed E-state index contributed by atoms with van der Waals surface area (Å²) in [6, 6.07) is 7.77. The molecular weight excluding hydrogens is 336 g/mol. The van der Waals surface area contributed by atoms with Crippen molar-refractivity contribution in [3.63, 3.8) is 0 Å². The molecule has 134 valence electrons. The quantitative estimate of drug-likeness (QED) is 0.524. The number of ether oxygens (including phenoxy) is 1. The number of methoxy groups -OCH3 is 1. The molecule has 0 unspecified atom stereocenters. The van der Waals surface area contributed by atoms with Gasteiger partial charge in [-0.05, 0) is 47.0 Å². The normalized spacial score (nSPS) is 11.1. The van der Waals surface area contributed by atoms with Crippen LogP contribution in [0.2, 0.25) is 0 Å². The molecule has 7 heteroatoms. The average Bonchev–Trinajstić information content (AvgIpc) is 3.10. The number of thiophene rings is 1. The zero-order valence-corrected chi connectivity index (χ0v) is 15.6. The lowest BCUT2D eigenvalue weighted by Gasteiger charge is -2.14. The molecule has 1 aromatic carbocycles. The van der Waals surface area contributed by atoms with Crippen LogP contribution in [0.1, 0.15) is 25.0 Å². The first-order chi connectivity index (χ1) is 12.1. The van der Waals surface area contributed by atoms with Gasteiger partial charge < -0.3 is 20.7 Å². The fraction of sp³-hybridized carbons (Fsp3) is 0.333. The van der Waals surface area contributed by atoms with Crippen molar-refractivity contribution in [2.45, 2.75) is 26.9 Å². The number of benzene rings is 1. The zero-order chi connectivity index (χ0) is 18.1. The molecule has 0 saturated heterocycles. The summed E-state index contributed by atoms with van der Waals surface area (Å²) in [5.41, 5.74) is 2.87. The highest BCUT2D eigenvalue weighted by Gasteiger charge is 2.07. The molecule has 0 bridgehead atoms. The van der Waals surface area contributed by atoms with E-state index in [2.05, 4.69) is 32.4 Å². The van der Waals surface area contributed by atoms with Crippen LogP contribution < -0.4 is 20.7 Å². The Hall–Kier alpha value is -2.54. The predicted molar refractivity (Wildman–Crippen MR) is 103 cm³/mol. The second kappa shape index (κ2) is 9.68. The number of hydrogen-bond acceptors (Lipinski definition) is 4. The fourth-order valence-electron chi connectivity index (χ4n) is 2.23. The second-order valence-electron chi connectivity index (χ2n) is 5.40. The third kappa shape index (κ3) is 6.11. The van der Waals surface area contributed by atoms with Crippen LogP contribution in [0.15, 0.2) is 40.0 Å². The molecule has 2 rings (SSSR count). The number of aliphatic imine (C=N–C) groups is 1. The van der Waals surface area contributed by atoms with Crippen LogP contribution in [0.5, 0.6) is 5.75 Å². The molecule has 1 aromatic heterocycles. The molecule has 0 aliphatic heterocycles. The van der Waals surface area contributed by atoms with Crippen LogP contribution in [0.4, 0.5) is 5.69 Å². The first-order valence-electron chi connectivity index (χ1n) is 8.10. The lowest BCUT2D eigenvalue weighted by atomic mass is 10.2. The summed E-state index contributed by atoms with van der Waals surface area (Å²) >= 11 is 1.67. The summed E-state index contributed by atoms with van der Waals surface area (Å²) in [5, 5.41) is 13.5. The minimum absolute atomic E-state index is 0.130. The highest BCUT2D eigenvalue weighted by molar-refractivity contribution is 7.07. The summed E-state index contributed by atoms with van der Waals surface area (Å²) in [5.74, 6) is 1.26.